The Morgan fingerprint density at radius 2 is 1.89 bits per heavy atom. The molecule has 0 spiro atoms. The van der Waals surface area contributed by atoms with Crippen molar-refractivity contribution >= 4 is 11.5 Å². The van der Waals surface area contributed by atoms with Gasteiger partial charge in [-0.05, 0) is 27.0 Å². The van der Waals surface area contributed by atoms with Crippen LogP contribution in [-0.4, -0.2) is 49.2 Å². The number of hydrogen-bond acceptors (Lipinski definition) is 5. The minimum atomic E-state index is 0.487. The van der Waals surface area contributed by atoms with Gasteiger partial charge in [0.2, 0.25) is 5.88 Å². The molecule has 1 aliphatic heterocycles. The molecule has 1 saturated heterocycles. The average Bonchev–Trinajstić information content (AvgIpc) is 2.36. The Balaban J connectivity index is 2.26. The molecule has 0 amide bonds. The summed E-state index contributed by atoms with van der Waals surface area (Å²) in [7, 11) is 3.78. The van der Waals surface area contributed by atoms with Gasteiger partial charge in [-0.15, -0.1) is 0 Å². The molecular weight excluding hydrogens is 228 g/mol. The van der Waals surface area contributed by atoms with Crippen LogP contribution >= 0.6 is 0 Å². The van der Waals surface area contributed by atoms with E-state index >= 15 is 0 Å². The molecule has 0 aliphatic carbocycles. The van der Waals surface area contributed by atoms with Gasteiger partial charge < -0.3 is 15.4 Å². The lowest BCUT2D eigenvalue weighted by molar-refractivity contribution is 0.169. The van der Waals surface area contributed by atoms with Crippen LogP contribution in [0.3, 0.4) is 0 Å². The fourth-order valence-electron chi connectivity index (χ4n) is 2.39. The summed E-state index contributed by atoms with van der Waals surface area (Å²) in [5.41, 5.74) is 6.74. The Hall–Kier alpha value is -1.49. The number of likely N-dealkylation sites (N-methyl/N-ethyl adjacent to an activating group) is 1. The number of aromatic nitrogens is 1. The van der Waals surface area contributed by atoms with E-state index in [0.29, 0.717) is 23.7 Å². The summed E-state index contributed by atoms with van der Waals surface area (Å²) in [5.74, 6) is 1.44. The average molecular weight is 250 g/mol. The number of pyridine rings is 1. The topological polar surface area (TPSA) is 54.6 Å². The van der Waals surface area contributed by atoms with Crippen LogP contribution in [0.15, 0.2) is 12.1 Å². The third-order valence-corrected chi connectivity index (χ3v) is 3.75. The summed E-state index contributed by atoms with van der Waals surface area (Å²) >= 11 is 0. The van der Waals surface area contributed by atoms with Crippen molar-refractivity contribution in [2.24, 2.45) is 0 Å². The molecule has 5 nitrogen and oxygen atoms in total. The second-order valence-corrected chi connectivity index (χ2v) is 5.03. The maximum Gasteiger partial charge on any atom is 0.215 e. The van der Waals surface area contributed by atoms with E-state index in [0.717, 1.165) is 18.9 Å². The minimum absolute atomic E-state index is 0.487. The van der Waals surface area contributed by atoms with Crippen molar-refractivity contribution in [3.05, 3.63) is 12.1 Å². The van der Waals surface area contributed by atoms with E-state index in [1.165, 1.54) is 0 Å². The van der Waals surface area contributed by atoms with E-state index in [1.54, 1.807) is 13.2 Å². The Morgan fingerprint density at radius 3 is 2.44 bits per heavy atom. The summed E-state index contributed by atoms with van der Waals surface area (Å²) in [6.07, 6.45) is 0. The molecule has 1 aromatic rings. The van der Waals surface area contributed by atoms with E-state index in [2.05, 4.69) is 35.7 Å². The molecule has 2 rings (SSSR count). The van der Waals surface area contributed by atoms with E-state index in [1.807, 2.05) is 6.07 Å². The second kappa shape index (κ2) is 5.02. The number of methoxy groups -OCH3 is 1. The number of nitrogens with zero attached hydrogens (tertiary/aromatic N) is 3. The van der Waals surface area contributed by atoms with Crippen LogP contribution in [0.2, 0.25) is 0 Å². The summed E-state index contributed by atoms with van der Waals surface area (Å²) in [4.78, 5) is 9.09. The van der Waals surface area contributed by atoms with Gasteiger partial charge in [0.05, 0.1) is 12.8 Å². The van der Waals surface area contributed by atoms with Crippen molar-refractivity contribution < 1.29 is 4.74 Å². The first kappa shape index (κ1) is 13.0. The van der Waals surface area contributed by atoms with Crippen molar-refractivity contribution in [3.8, 4) is 5.88 Å². The fraction of sp³-hybridized carbons (Fsp3) is 0.615. The quantitative estimate of drug-likeness (QED) is 0.855. The van der Waals surface area contributed by atoms with Gasteiger partial charge in [0.1, 0.15) is 0 Å². The first-order valence-electron chi connectivity index (χ1n) is 6.30. The molecule has 2 atom stereocenters. The molecule has 0 aromatic carbocycles. The summed E-state index contributed by atoms with van der Waals surface area (Å²) in [6.45, 7) is 6.31. The smallest absolute Gasteiger partial charge is 0.215 e. The third kappa shape index (κ3) is 2.36. The lowest BCUT2D eigenvalue weighted by Gasteiger charge is -2.43. The first-order chi connectivity index (χ1) is 8.52. The predicted molar refractivity (Wildman–Crippen MR) is 74.1 cm³/mol. The van der Waals surface area contributed by atoms with Gasteiger partial charge >= 0.3 is 0 Å². The molecule has 2 unspecified atom stereocenters. The Labute approximate surface area is 109 Å². The Morgan fingerprint density at radius 1 is 1.28 bits per heavy atom. The third-order valence-electron chi connectivity index (χ3n) is 3.75. The molecule has 1 fully saturated rings. The van der Waals surface area contributed by atoms with E-state index in [4.69, 9.17) is 10.5 Å². The van der Waals surface area contributed by atoms with Gasteiger partial charge in [-0.2, -0.15) is 4.98 Å². The van der Waals surface area contributed by atoms with Crippen LogP contribution < -0.4 is 15.4 Å². The molecule has 1 aliphatic rings. The highest BCUT2D eigenvalue weighted by molar-refractivity contribution is 5.64. The fourth-order valence-corrected chi connectivity index (χ4v) is 2.39. The van der Waals surface area contributed by atoms with Gasteiger partial charge in [0.15, 0.2) is 5.82 Å². The molecule has 2 heterocycles. The van der Waals surface area contributed by atoms with Gasteiger partial charge in [0, 0.05) is 31.2 Å². The van der Waals surface area contributed by atoms with Crippen molar-refractivity contribution in [1.29, 1.82) is 0 Å². The van der Waals surface area contributed by atoms with Gasteiger partial charge in [0.25, 0.3) is 0 Å². The zero-order valence-corrected chi connectivity index (χ0v) is 11.6. The Kier molecular flexibility index (Phi) is 3.61. The first-order valence-corrected chi connectivity index (χ1v) is 6.30. The molecule has 2 N–H and O–H groups in total. The molecule has 0 radical (unpaired) electrons. The largest absolute Gasteiger partial charge is 0.481 e. The van der Waals surface area contributed by atoms with Crippen molar-refractivity contribution in [2.45, 2.75) is 25.9 Å². The van der Waals surface area contributed by atoms with Crippen LogP contribution in [0.5, 0.6) is 5.88 Å². The van der Waals surface area contributed by atoms with Crippen LogP contribution in [0.25, 0.3) is 0 Å². The van der Waals surface area contributed by atoms with E-state index in [9.17, 15) is 0 Å². The van der Waals surface area contributed by atoms with Gasteiger partial charge in [-0.3, -0.25) is 4.90 Å². The van der Waals surface area contributed by atoms with Crippen LogP contribution in [-0.2, 0) is 0 Å². The molecule has 0 saturated carbocycles. The van der Waals surface area contributed by atoms with Crippen molar-refractivity contribution in [2.75, 3.05) is 37.9 Å². The predicted octanol–water partition coefficient (Wildman–Crippen LogP) is 1.20. The minimum Gasteiger partial charge on any atom is -0.481 e. The maximum absolute atomic E-state index is 6.03. The molecule has 18 heavy (non-hydrogen) atoms. The van der Waals surface area contributed by atoms with E-state index in [-0.39, 0.29) is 0 Å². The number of piperazine rings is 1. The summed E-state index contributed by atoms with van der Waals surface area (Å²) < 4.78 is 5.17. The lowest BCUT2D eigenvalue weighted by atomic mass is 10.1. The van der Waals surface area contributed by atoms with E-state index < -0.39 is 0 Å². The summed E-state index contributed by atoms with van der Waals surface area (Å²) in [5, 5.41) is 0. The highest BCUT2D eigenvalue weighted by Gasteiger charge is 2.28. The highest BCUT2D eigenvalue weighted by Crippen LogP contribution is 2.27. The van der Waals surface area contributed by atoms with Gasteiger partial charge in [-0.25, -0.2) is 0 Å². The van der Waals surface area contributed by atoms with Crippen LogP contribution in [0.4, 0.5) is 11.5 Å². The zero-order valence-electron chi connectivity index (χ0n) is 11.6. The normalized spacial score (nSPS) is 25.2. The maximum atomic E-state index is 6.03. The number of hydrogen-bond donors (Lipinski definition) is 1. The molecule has 5 heteroatoms. The number of nitrogens with two attached hydrogens (primary N) is 1. The number of rotatable bonds is 2. The van der Waals surface area contributed by atoms with Gasteiger partial charge in [-0.1, -0.05) is 0 Å². The Bertz CT molecular complexity index is 411. The lowest BCUT2D eigenvalue weighted by Crippen LogP contribution is -2.55. The number of ether oxygens (including phenoxy) is 1. The van der Waals surface area contributed by atoms with Crippen LogP contribution in [0.1, 0.15) is 13.8 Å². The second-order valence-electron chi connectivity index (χ2n) is 5.03. The zero-order chi connectivity index (χ0) is 13.3. The molecular formula is C13H22N4O. The monoisotopic (exact) mass is 250 g/mol. The van der Waals surface area contributed by atoms with Crippen molar-refractivity contribution in [1.82, 2.24) is 9.88 Å². The van der Waals surface area contributed by atoms with Crippen LogP contribution in [0, 0.1) is 0 Å². The molecule has 100 valence electrons. The number of nitrogen functional groups attached to an aromatic ring is 1. The highest BCUT2D eigenvalue weighted by atomic mass is 16.5. The number of anilines is 2. The summed E-state index contributed by atoms with van der Waals surface area (Å²) in [6, 6.07) is 4.62. The SMILES string of the molecule is COc1ccc(N)c(N2CC(C)N(C)C(C)C2)n1. The molecule has 0 bridgehead atoms. The molecule has 1 aromatic heterocycles. The standard InChI is InChI=1S/C13H22N4O/c1-9-7-17(8-10(2)16(9)3)13-11(14)5-6-12(15-13)18-4/h5-6,9-10H,7-8,14H2,1-4H3. The van der Waals surface area contributed by atoms with Crippen molar-refractivity contribution in [3.63, 3.8) is 0 Å².